The summed E-state index contributed by atoms with van der Waals surface area (Å²) >= 11 is 0. The average Bonchev–Trinajstić information content (AvgIpc) is 0.756. The van der Waals surface area contributed by atoms with Crippen molar-refractivity contribution >= 4 is 48.6 Å². The summed E-state index contributed by atoms with van der Waals surface area (Å²) in [5.74, 6) is -0.642. The van der Waals surface area contributed by atoms with Crippen LogP contribution < -0.4 is 25.6 Å². The minimum Gasteiger partial charge on any atom is 1.00 e. The summed E-state index contributed by atoms with van der Waals surface area (Å²) in [7, 11) is -13.0. The monoisotopic (exact) mass is 1470 g/mol. The number of hydrogen-bond donors (Lipinski definition) is 6. The van der Waals surface area contributed by atoms with Crippen LogP contribution in [0.5, 0.6) is 5.75 Å². The average molecular weight is 1470 g/mol. The van der Waals surface area contributed by atoms with E-state index < -0.39 is 75.2 Å². The Hall–Kier alpha value is -6.22. The van der Waals surface area contributed by atoms with Crippen LogP contribution in [0.4, 0.5) is 30.9 Å². The van der Waals surface area contributed by atoms with E-state index in [2.05, 4.69) is 67.6 Å². The molecule has 32 heteroatoms. The van der Waals surface area contributed by atoms with Crippen LogP contribution in [0, 0.1) is 5.41 Å². The van der Waals surface area contributed by atoms with Crippen LogP contribution in [0.25, 0.3) is 0 Å². The maximum Gasteiger partial charge on any atom is 1.00 e. The van der Waals surface area contributed by atoms with Crippen LogP contribution in [0.15, 0.2) is 166 Å². The third-order valence-corrected chi connectivity index (χ3v) is 18.4. The number of hydrogen-bond acceptors (Lipinski definition) is 24. The van der Waals surface area contributed by atoms with E-state index >= 15 is 0 Å². The molecule has 7 unspecified atom stereocenters. The predicted octanol–water partition coefficient (Wildman–Crippen LogP) is 7.11. The fourth-order valence-corrected chi connectivity index (χ4v) is 13.4. The molecule has 1 aliphatic heterocycles. The number of anilines is 1. The summed E-state index contributed by atoms with van der Waals surface area (Å²) in [5.41, 5.74) is 0.372. The summed E-state index contributed by atoms with van der Waals surface area (Å²) < 4.78 is 140. The summed E-state index contributed by atoms with van der Waals surface area (Å²) in [6, 6.07) is 38.6. The van der Waals surface area contributed by atoms with E-state index in [0.717, 1.165) is 60.1 Å². The second-order valence-corrected chi connectivity index (χ2v) is 27.8. The van der Waals surface area contributed by atoms with Crippen molar-refractivity contribution < 1.29 is 138 Å². The number of esters is 2. The summed E-state index contributed by atoms with van der Waals surface area (Å²) in [6.45, 7) is 18.1. The summed E-state index contributed by atoms with van der Waals surface area (Å²) in [6.07, 6.45) is -0.813. The fraction of sp³-hybridized carbons (Fsp3) is 0.500. The van der Waals surface area contributed by atoms with Crippen LogP contribution in [0.3, 0.4) is 0 Å². The Morgan fingerprint density at radius 1 is 0.510 bits per heavy atom. The third kappa shape index (κ3) is 40.4. The number of aliphatic hydroxyl groups is 6. The SMILES string of the molecule is C=CC(=O)OCC(O)COCC(CC)(COCC(O)COC(=O)C=C)COCC(O)C[P+](c1ccccc1)(c1ccccc1)c1ccccc1.C=COCOCC(O)COCC(COCC(O)COCOc1ccc(N2CCOCC2)cc1)OCC(O)COCOC=C.F[P-](F)(F)(F)(F)F.[H+]. The van der Waals surface area contributed by atoms with Crippen molar-refractivity contribution in [2.75, 3.05) is 163 Å². The number of nitrogens with zero attached hydrogens (tertiary/aromatic N) is 1. The first-order valence-electron chi connectivity index (χ1n) is 31.7. The van der Waals surface area contributed by atoms with Gasteiger partial charge in [0.1, 0.15) is 91.0 Å². The molecule has 1 fully saturated rings. The predicted molar refractivity (Wildman–Crippen MR) is 365 cm³/mol. The molecule has 0 saturated carbocycles. The van der Waals surface area contributed by atoms with Gasteiger partial charge in [-0.2, -0.15) is 0 Å². The number of benzene rings is 4. The second kappa shape index (κ2) is 47.1. The topological polar surface area (TPSA) is 297 Å². The van der Waals surface area contributed by atoms with Gasteiger partial charge in [-0.05, 0) is 67.1 Å². The zero-order chi connectivity index (χ0) is 73.6. The minimum atomic E-state index is -10.7. The molecule has 100 heavy (non-hydrogen) atoms. The van der Waals surface area contributed by atoms with Gasteiger partial charge in [-0.15, -0.1) is 0 Å². The van der Waals surface area contributed by atoms with Crippen molar-refractivity contribution in [1.82, 2.24) is 0 Å². The first-order chi connectivity index (χ1) is 47.6. The van der Waals surface area contributed by atoms with E-state index in [4.69, 9.17) is 71.1 Å². The van der Waals surface area contributed by atoms with E-state index in [1.54, 1.807) is 0 Å². The van der Waals surface area contributed by atoms with Crippen LogP contribution in [-0.2, 0) is 75.9 Å². The molecule has 564 valence electrons. The van der Waals surface area contributed by atoms with Crippen molar-refractivity contribution in [3.63, 3.8) is 0 Å². The number of aliphatic hydroxyl groups excluding tert-OH is 6. The molecule has 0 amide bonds. The molecule has 1 aliphatic rings. The molecule has 0 radical (unpaired) electrons. The van der Waals surface area contributed by atoms with E-state index in [-0.39, 0.29) is 128 Å². The maximum absolute atomic E-state index is 11.7. The molecular formula is C68H98F6NO23P2+. The standard InChI is InChI=1S/C39H50O10P.C29H47NO13.F6P/c1-4-37(43)48-25-31(40)22-45-28-39(6-3,29-46-23-32(41)26-49-38(44)5-2)30-47-24-33(42)27-50(34-16-10-7-11-17-34,35-18-12-8-13-19-35)36-20-14-9-15-21-36;1-3-34-21-39-15-25(31)13-37-19-29(42-18-27(33)17-40-22-35-4-2)20-38-14-26(32)16-41-23-43-28-7-5-24(6-8-28)30-9-11-36-12-10-30;1-7(2,3,4,5)6/h4-5,7-21,31-33,40-42H,1-2,6,22-30H2,3H3;3-8,25-27,29,31-33H,1-2,9-23H2;/q+1;;-1/p+1. The fourth-order valence-electron chi connectivity index (χ4n) is 9.05. The minimum absolute atomic E-state index is 0. The summed E-state index contributed by atoms with van der Waals surface area (Å²) in [5, 5.41) is 65.9. The first kappa shape index (κ1) is 88.0. The molecule has 24 nitrogen and oxygen atoms in total. The van der Waals surface area contributed by atoms with Crippen molar-refractivity contribution in [1.29, 1.82) is 0 Å². The molecule has 6 N–H and O–H groups in total. The van der Waals surface area contributed by atoms with Crippen molar-refractivity contribution in [2.24, 2.45) is 5.41 Å². The Morgan fingerprint density at radius 2 is 0.870 bits per heavy atom. The third-order valence-electron chi connectivity index (χ3n) is 13.9. The van der Waals surface area contributed by atoms with Crippen LogP contribution in [-0.4, -0.2) is 244 Å². The van der Waals surface area contributed by atoms with Crippen molar-refractivity contribution in [3.05, 3.63) is 166 Å². The Balaban J connectivity index is 0.000000626. The van der Waals surface area contributed by atoms with Crippen molar-refractivity contribution in [3.8, 4) is 5.75 Å². The van der Waals surface area contributed by atoms with Crippen LogP contribution in [0.1, 0.15) is 14.8 Å². The number of morpholine rings is 1. The largest absolute Gasteiger partial charge is 1.00 e. The molecule has 0 aliphatic carbocycles. The van der Waals surface area contributed by atoms with Gasteiger partial charge < -0.3 is 107 Å². The smallest absolute Gasteiger partial charge is 1.00 e. The van der Waals surface area contributed by atoms with E-state index in [0.29, 0.717) is 18.3 Å². The van der Waals surface area contributed by atoms with Gasteiger partial charge in [0.2, 0.25) is 0 Å². The number of halogens is 6. The van der Waals surface area contributed by atoms with Crippen molar-refractivity contribution in [2.45, 2.75) is 56.1 Å². The van der Waals surface area contributed by atoms with Gasteiger partial charge >= 0.3 is 46.4 Å². The molecule has 1 heterocycles. The second-order valence-electron chi connectivity index (χ2n) is 22.3. The van der Waals surface area contributed by atoms with Crippen LogP contribution in [0.2, 0.25) is 0 Å². The Kier molecular flexibility index (Phi) is 41.5. The normalized spacial score (nSPS) is 15.8. The molecule has 5 rings (SSSR count). The van der Waals surface area contributed by atoms with Gasteiger partial charge in [0, 0.05) is 36.3 Å². The molecule has 7 atom stereocenters. The van der Waals surface area contributed by atoms with E-state index in [9.17, 15) is 65.4 Å². The molecule has 4 aromatic rings. The van der Waals surface area contributed by atoms with E-state index in [1.165, 1.54) is 12.5 Å². The molecule has 1 saturated heterocycles. The Morgan fingerprint density at radius 3 is 1.26 bits per heavy atom. The zero-order valence-electron chi connectivity index (χ0n) is 57.1. The maximum atomic E-state index is 11.7. The van der Waals surface area contributed by atoms with Gasteiger partial charge in [0.25, 0.3) is 0 Å². The number of carbonyl (C=O) groups is 2. The molecule has 0 bridgehead atoms. The molecule has 0 aromatic heterocycles. The Bertz CT molecular complexity index is 2730. The van der Waals surface area contributed by atoms with Gasteiger partial charge in [-0.3, -0.25) is 0 Å². The van der Waals surface area contributed by atoms with Gasteiger partial charge in [-0.1, -0.05) is 87.8 Å². The van der Waals surface area contributed by atoms with E-state index in [1.807, 2.05) is 85.8 Å². The quantitative estimate of drug-likeness (QED) is 0.00488. The molecule has 0 spiro atoms. The van der Waals surface area contributed by atoms with Gasteiger partial charge in [0.15, 0.2) is 20.4 Å². The zero-order valence-corrected chi connectivity index (χ0v) is 57.8. The molecular weight excluding hydrogens is 1370 g/mol. The summed E-state index contributed by atoms with van der Waals surface area (Å²) in [4.78, 5) is 25.0. The van der Waals surface area contributed by atoms with Gasteiger partial charge in [-0.25, -0.2) is 9.59 Å². The van der Waals surface area contributed by atoms with Crippen LogP contribution >= 0.6 is 15.1 Å². The molecule has 4 aromatic carbocycles. The van der Waals surface area contributed by atoms with Gasteiger partial charge in [0.05, 0.1) is 118 Å². The number of rotatable bonds is 51. The first-order valence-corrected chi connectivity index (χ1v) is 35.7. The number of carbonyl (C=O) groups excluding carboxylic acids is 2. The Labute approximate surface area is 581 Å². The number of ether oxygens (including phenoxy) is 15.